The highest BCUT2D eigenvalue weighted by Crippen LogP contribution is 2.32. The zero-order valence-electron chi connectivity index (χ0n) is 16.0. The van der Waals surface area contributed by atoms with Crippen LogP contribution < -0.4 is 10.2 Å². The highest BCUT2D eigenvalue weighted by Gasteiger charge is 2.24. The average Bonchev–Trinajstić information content (AvgIpc) is 2.72. The van der Waals surface area contributed by atoms with Crippen molar-refractivity contribution in [2.24, 2.45) is 0 Å². The maximum Gasteiger partial charge on any atom is 0.257 e. The molecular weight excluding hydrogens is 386 g/mol. The van der Waals surface area contributed by atoms with Crippen LogP contribution in [0.2, 0.25) is 5.02 Å². The molecule has 2 heterocycles. The van der Waals surface area contributed by atoms with Gasteiger partial charge in [-0.2, -0.15) is 0 Å². The summed E-state index contributed by atoms with van der Waals surface area (Å²) >= 11 is 5.96. The molecule has 0 unspecified atom stereocenters. The van der Waals surface area contributed by atoms with Crippen LogP contribution in [-0.4, -0.2) is 16.8 Å². The summed E-state index contributed by atoms with van der Waals surface area (Å²) in [5, 5.41) is 3.58. The van der Waals surface area contributed by atoms with Gasteiger partial charge in [-0.05, 0) is 66.9 Å². The lowest BCUT2D eigenvalue weighted by molar-refractivity contribution is -0.119. The molecule has 0 saturated carbocycles. The summed E-state index contributed by atoms with van der Waals surface area (Å²) in [5.41, 5.74) is 5.01. The maximum atomic E-state index is 12.5. The number of fused-ring (bicyclic) bond motifs is 1. The number of halogens is 1. The number of aromatic nitrogens is 1. The summed E-state index contributed by atoms with van der Waals surface area (Å²) in [7, 11) is 0. The maximum absolute atomic E-state index is 12.5. The van der Waals surface area contributed by atoms with Crippen LogP contribution in [-0.2, 0) is 17.8 Å². The number of hydrogen-bond donors (Lipinski definition) is 1. The van der Waals surface area contributed by atoms with Gasteiger partial charge in [-0.25, -0.2) is 0 Å². The third-order valence-electron chi connectivity index (χ3n) is 4.96. The second kappa shape index (κ2) is 8.05. The van der Waals surface area contributed by atoms with Crippen LogP contribution in [0.1, 0.15) is 33.6 Å². The van der Waals surface area contributed by atoms with E-state index in [2.05, 4.69) is 10.3 Å². The summed E-state index contributed by atoms with van der Waals surface area (Å²) in [4.78, 5) is 30.9. The van der Waals surface area contributed by atoms with Crippen LogP contribution in [0, 0.1) is 6.92 Å². The zero-order valence-corrected chi connectivity index (χ0v) is 16.7. The van der Waals surface area contributed by atoms with Gasteiger partial charge in [0.1, 0.15) is 0 Å². The Bertz CT molecular complexity index is 1060. The lowest BCUT2D eigenvalue weighted by Crippen LogP contribution is -2.34. The molecule has 1 N–H and O–H groups in total. The number of aryl methyl sites for hydroxylation is 2. The summed E-state index contributed by atoms with van der Waals surface area (Å²) in [6.07, 6.45) is 2.66. The van der Waals surface area contributed by atoms with Crippen LogP contribution in [0.3, 0.4) is 0 Å². The van der Waals surface area contributed by atoms with E-state index in [0.29, 0.717) is 35.7 Å². The van der Waals surface area contributed by atoms with Crippen molar-refractivity contribution in [1.29, 1.82) is 0 Å². The fraction of sp³-hybridized carbons (Fsp3) is 0.174. The standard InChI is InChI=1S/C23H20ClN3O2/c1-15-2-5-18(13-25-15)23(29)26-20-9-10-21-17(12-20)6-11-22(28)27(21)14-16-3-7-19(24)8-4-16/h2-5,7-10,12-13H,6,11,14H2,1H3,(H,26,29). The minimum atomic E-state index is -0.206. The van der Waals surface area contributed by atoms with E-state index in [1.807, 2.05) is 55.5 Å². The van der Waals surface area contributed by atoms with Crippen molar-refractivity contribution in [3.05, 3.63) is 88.2 Å². The first-order chi connectivity index (χ1) is 14.0. The van der Waals surface area contributed by atoms with Gasteiger partial charge in [-0.1, -0.05) is 23.7 Å². The summed E-state index contributed by atoms with van der Waals surface area (Å²) in [6.45, 7) is 2.37. The molecule has 2 aromatic carbocycles. The fourth-order valence-electron chi connectivity index (χ4n) is 3.39. The van der Waals surface area contributed by atoms with Crippen molar-refractivity contribution in [3.63, 3.8) is 0 Å². The molecule has 1 aliphatic rings. The molecule has 29 heavy (non-hydrogen) atoms. The Morgan fingerprint density at radius 1 is 1.10 bits per heavy atom. The predicted octanol–water partition coefficient (Wildman–Crippen LogP) is 4.78. The summed E-state index contributed by atoms with van der Waals surface area (Å²) in [6, 6.07) is 16.7. The highest BCUT2D eigenvalue weighted by molar-refractivity contribution is 6.30. The second-order valence-corrected chi connectivity index (χ2v) is 7.53. The van der Waals surface area contributed by atoms with Gasteiger partial charge in [0.15, 0.2) is 0 Å². The predicted molar refractivity (Wildman–Crippen MR) is 114 cm³/mol. The molecule has 4 rings (SSSR count). The largest absolute Gasteiger partial charge is 0.322 e. The lowest BCUT2D eigenvalue weighted by atomic mass is 9.99. The smallest absolute Gasteiger partial charge is 0.257 e. The van der Waals surface area contributed by atoms with Gasteiger partial charge in [0.2, 0.25) is 5.91 Å². The van der Waals surface area contributed by atoms with Crippen LogP contribution in [0.5, 0.6) is 0 Å². The van der Waals surface area contributed by atoms with Gasteiger partial charge >= 0.3 is 0 Å². The molecule has 1 aromatic heterocycles. The van der Waals surface area contributed by atoms with E-state index in [1.54, 1.807) is 17.2 Å². The van der Waals surface area contributed by atoms with Gasteiger partial charge in [-0.3, -0.25) is 14.6 Å². The molecule has 0 saturated heterocycles. The Morgan fingerprint density at radius 2 is 1.90 bits per heavy atom. The van der Waals surface area contributed by atoms with E-state index >= 15 is 0 Å². The van der Waals surface area contributed by atoms with E-state index in [1.165, 1.54) is 0 Å². The van der Waals surface area contributed by atoms with Crippen LogP contribution >= 0.6 is 11.6 Å². The van der Waals surface area contributed by atoms with Crippen LogP contribution in [0.15, 0.2) is 60.8 Å². The van der Waals surface area contributed by atoms with Gasteiger partial charge in [0, 0.05) is 34.7 Å². The zero-order chi connectivity index (χ0) is 20.4. The van der Waals surface area contributed by atoms with Gasteiger partial charge in [0.05, 0.1) is 12.1 Å². The number of rotatable bonds is 4. The van der Waals surface area contributed by atoms with E-state index in [-0.39, 0.29) is 11.8 Å². The Hall–Kier alpha value is -3.18. The highest BCUT2D eigenvalue weighted by atomic mass is 35.5. The quantitative estimate of drug-likeness (QED) is 0.679. The van der Waals surface area contributed by atoms with Gasteiger partial charge in [-0.15, -0.1) is 0 Å². The summed E-state index contributed by atoms with van der Waals surface area (Å²) in [5.74, 6) is -0.114. The average molecular weight is 406 g/mol. The number of carbonyl (C=O) groups excluding carboxylic acids is 2. The number of pyridine rings is 1. The van der Waals surface area contributed by atoms with Crippen molar-refractivity contribution >= 4 is 34.8 Å². The van der Waals surface area contributed by atoms with Crippen molar-refractivity contribution in [3.8, 4) is 0 Å². The van der Waals surface area contributed by atoms with Crippen LogP contribution in [0.25, 0.3) is 0 Å². The fourth-order valence-corrected chi connectivity index (χ4v) is 3.51. The molecule has 5 nitrogen and oxygen atoms in total. The molecule has 0 spiro atoms. The molecule has 3 aromatic rings. The van der Waals surface area contributed by atoms with Crippen molar-refractivity contribution in [1.82, 2.24) is 4.98 Å². The molecule has 0 bridgehead atoms. The number of anilines is 2. The van der Waals surface area contributed by atoms with Gasteiger partial charge in [0.25, 0.3) is 5.91 Å². The molecule has 0 aliphatic carbocycles. The SMILES string of the molecule is Cc1ccc(C(=O)Nc2ccc3c(c2)CCC(=O)N3Cc2ccc(Cl)cc2)cn1. The molecular formula is C23H20ClN3O2. The Labute approximate surface area is 174 Å². The van der Waals surface area contributed by atoms with E-state index in [9.17, 15) is 9.59 Å². The third-order valence-corrected chi connectivity index (χ3v) is 5.22. The number of nitrogens with zero attached hydrogens (tertiary/aromatic N) is 2. The third kappa shape index (κ3) is 4.30. The Kier molecular flexibility index (Phi) is 5.32. The molecule has 0 fully saturated rings. The van der Waals surface area contributed by atoms with Crippen LogP contribution in [0.4, 0.5) is 11.4 Å². The normalized spacial score (nSPS) is 13.2. The van der Waals surface area contributed by atoms with E-state index < -0.39 is 0 Å². The monoisotopic (exact) mass is 405 g/mol. The van der Waals surface area contributed by atoms with E-state index in [4.69, 9.17) is 11.6 Å². The number of carbonyl (C=O) groups is 2. The number of nitrogens with one attached hydrogen (secondary N) is 1. The Morgan fingerprint density at radius 3 is 2.62 bits per heavy atom. The van der Waals surface area contributed by atoms with Crippen molar-refractivity contribution in [2.45, 2.75) is 26.3 Å². The second-order valence-electron chi connectivity index (χ2n) is 7.09. The molecule has 0 radical (unpaired) electrons. The Balaban J connectivity index is 1.54. The van der Waals surface area contributed by atoms with Crippen molar-refractivity contribution in [2.75, 3.05) is 10.2 Å². The molecule has 1 aliphatic heterocycles. The molecule has 6 heteroatoms. The minimum Gasteiger partial charge on any atom is -0.322 e. The topological polar surface area (TPSA) is 62.3 Å². The van der Waals surface area contributed by atoms with Crippen molar-refractivity contribution < 1.29 is 9.59 Å². The first-order valence-corrected chi connectivity index (χ1v) is 9.79. The number of hydrogen-bond acceptors (Lipinski definition) is 3. The van der Waals surface area contributed by atoms with Gasteiger partial charge < -0.3 is 10.2 Å². The molecule has 146 valence electrons. The minimum absolute atomic E-state index is 0.0926. The first kappa shape index (κ1) is 19.2. The molecule has 0 atom stereocenters. The van der Waals surface area contributed by atoms with E-state index in [0.717, 1.165) is 22.5 Å². The number of amides is 2. The first-order valence-electron chi connectivity index (χ1n) is 9.41. The molecule has 2 amide bonds. The number of benzene rings is 2. The summed E-state index contributed by atoms with van der Waals surface area (Å²) < 4.78 is 0. The lowest BCUT2D eigenvalue weighted by Gasteiger charge is -2.30.